The minimum absolute atomic E-state index is 0.0134. The summed E-state index contributed by atoms with van der Waals surface area (Å²) in [6.07, 6.45) is 1.88. The van der Waals surface area contributed by atoms with Gasteiger partial charge in [-0.3, -0.25) is 14.9 Å². The lowest BCUT2D eigenvalue weighted by molar-refractivity contribution is -0.384. The third-order valence-corrected chi connectivity index (χ3v) is 4.64. The average Bonchev–Trinajstić information content (AvgIpc) is 2.81. The van der Waals surface area contributed by atoms with Gasteiger partial charge in [0.2, 0.25) is 0 Å². The van der Waals surface area contributed by atoms with Crippen molar-refractivity contribution in [3.05, 3.63) is 69.8 Å². The highest BCUT2D eigenvalue weighted by atomic mass is 16.6. The third kappa shape index (κ3) is 3.39. The lowest BCUT2D eigenvalue weighted by atomic mass is 10.0. The van der Waals surface area contributed by atoms with Crippen molar-refractivity contribution in [2.24, 2.45) is 0 Å². The standard InChI is InChI=1S/C19H21N3O3/c1-20(2)17-8-5-13-21(18-7-4-3-6-16(17)18)19(23)14-9-11-15(12-10-14)22(24)25/h3-4,6-7,9-12,17H,5,8,13H2,1-2H3. The number of amides is 1. The first-order valence-electron chi connectivity index (χ1n) is 8.30. The molecule has 1 aliphatic rings. The van der Waals surface area contributed by atoms with Gasteiger partial charge in [0.15, 0.2) is 0 Å². The van der Waals surface area contributed by atoms with Gasteiger partial charge < -0.3 is 9.80 Å². The quantitative estimate of drug-likeness (QED) is 0.632. The minimum atomic E-state index is -0.461. The summed E-state index contributed by atoms with van der Waals surface area (Å²) in [5, 5.41) is 10.8. The molecule has 0 N–H and O–H groups in total. The predicted octanol–water partition coefficient (Wildman–Crippen LogP) is 3.64. The molecular formula is C19H21N3O3. The zero-order chi connectivity index (χ0) is 18.0. The molecule has 1 unspecified atom stereocenters. The van der Waals surface area contributed by atoms with Crippen molar-refractivity contribution in [1.29, 1.82) is 0 Å². The first kappa shape index (κ1) is 17.1. The molecule has 0 fully saturated rings. The van der Waals surface area contributed by atoms with E-state index < -0.39 is 4.92 Å². The van der Waals surface area contributed by atoms with Gasteiger partial charge in [0.25, 0.3) is 11.6 Å². The van der Waals surface area contributed by atoms with Crippen LogP contribution in [0, 0.1) is 10.1 Å². The maximum Gasteiger partial charge on any atom is 0.269 e. The Morgan fingerprint density at radius 1 is 1.16 bits per heavy atom. The summed E-state index contributed by atoms with van der Waals surface area (Å²) >= 11 is 0. The first-order chi connectivity index (χ1) is 12.0. The van der Waals surface area contributed by atoms with Crippen molar-refractivity contribution in [3.63, 3.8) is 0 Å². The lowest BCUT2D eigenvalue weighted by Gasteiger charge is -2.27. The molecule has 25 heavy (non-hydrogen) atoms. The second-order valence-electron chi connectivity index (χ2n) is 6.44. The van der Waals surface area contributed by atoms with Gasteiger partial charge in [-0.1, -0.05) is 18.2 Å². The van der Waals surface area contributed by atoms with Crippen LogP contribution < -0.4 is 4.90 Å². The van der Waals surface area contributed by atoms with Crippen LogP contribution in [0.15, 0.2) is 48.5 Å². The largest absolute Gasteiger partial charge is 0.308 e. The SMILES string of the molecule is CN(C)C1CCCN(C(=O)c2ccc([N+](=O)[O-])cc2)c2ccccc21. The highest BCUT2D eigenvalue weighted by Crippen LogP contribution is 2.36. The molecular weight excluding hydrogens is 318 g/mol. The smallest absolute Gasteiger partial charge is 0.269 e. The van der Waals surface area contributed by atoms with Crippen molar-refractivity contribution in [1.82, 2.24) is 4.90 Å². The molecule has 0 aromatic heterocycles. The molecule has 6 heteroatoms. The molecule has 0 saturated carbocycles. The Morgan fingerprint density at radius 2 is 1.84 bits per heavy atom. The Kier molecular flexibility index (Phi) is 4.81. The molecule has 1 heterocycles. The number of carbonyl (C=O) groups excluding carboxylic acids is 1. The van der Waals surface area contributed by atoms with Gasteiger partial charge in [0, 0.05) is 36.0 Å². The van der Waals surface area contributed by atoms with E-state index in [0.717, 1.165) is 24.1 Å². The summed E-state index contributed by atoms with van der Waals surface area (Å²) in [6.45, 7) is 0.636. The van der Waals surface area contributed by atoms with Crippen LogP contribution in [0.2, 0.25) is 0 Å². The lowest BCUT2D eigenvalue weighted by Crippen LogP contribution is -2.31. The molecule has 0 bridgehead atoms. The molecule has 0 saturated heterocycles. The first-order valence-corrected chi connectivity index (χ1v) is 8.30. The maximum absolute atomic E-state index is 13.0. The van der Waals surface area contributed by atoms with Crippen molar-refractivity contribution in [2.75, 3.05) is 25.5 Å². The molecule has 1 aliphatic heterocycles. The Labute approximate surface area is 146 Å². The van der Waals surface area contributed by atoms with E-state index in [1.54, 1.807) is 4.90 Å². The highest BCUT2D eigenvalue weighted by Gasteiger charge is 2.28. The van der Waals surface area contributed by atoms with Crippen molar-refractivity contribution < 1.29 is 9.72 Å². The van der Waals surface area contributed by atoms with Gasteiger partial charge in [-0.15, -0.1) is 0 Å². The number of non-ortho nitro benzene ring substituents is 1. The molecule has 2 aromatic rings. The number of nitro benzene ring substituents is 1. The molecule has 0 aliphatic carbocycles. The van der Waals surface area contributed by atoms with Gasteiger partial charge in [0.1, 0.15) is 0 Å². The van der Waals surface area contributed by atoms with E-state index >= 15 is 0 Å². The van der Waals surface area contributed by atoms with Gasteiger partial charge in [-0.05, 0) is 50.7 Å². The Bertz CT molecular complexity index is 787. The van der Waals surface area contributed by atoms with E-state index in [-0.39, 0.29) is 17.6 Å². The van der Waals surface area contributed by atoms with Crippen LogP contribution in [0.25, 0.3) is 0 Å². The zero-order valence-corrected chi connectivity index (χ0v) is 14.4. The molecule has 130 valence electrons. The van der Waals surface area contributed by atoms with Crippen LogP contribution in [0.1, 0.15) is 34.8 Å². The van der Waals surface area contributed by atoms with E-state index in [1.807, 2.05) is 18.2 Å². The maximum atomic E-state index is 13.0. The summed E-state index contributed by atoms with van der Waals surface area (Å²) in [5.74, 6) is -0.123. The monoisotopic (exact) mass is 339 g/mol. The van der Waals surface area contributed by atoms with E-state index in [9.17, 15) is 14.9 Å². The number of hydrogen-bond acceptors (Lipinski definition) is 4. The summed E-state index contributed by atoms with van der Waals surface area (Å²) in [4.78, 5) is 27.3. The molecule has 6 nitrogen and oxygen atoms in total. The second-order valence-corrected chi connectivity index (χ2v) is 6.44. The van der Waals surface area contributed by atoms with Gasteiger partial charge in [-0.2, -0.15) is 0 Å². The average molecular weight is 339 g/mol. The Hall–Kier alpha value is -2.73. The van der Waals surface area contributed by atoms with E-state index in [2.05, 4.69) is 25.1 Å². The fourth-order valence-electron chi connectivity index (χ4n) is 3.36. The molecule has 2 aromatic carbocycles. The van der Waals surface area contributed by atoms with E-state index in [1.165, 1.54) is 24.3 Å². The summed E-state index contributed by atoms with van der Waals surface area (Å²) in [6, 6.07) is 14.0. The van der Waals surface area contributed by atoms with Gasteiger partial charge in [0.05, 0.1) is 4.92 Å². The van der Waals surface area contributed by atoms with Crippen molar-refractivity contribution in [3.8, 4) is 0 Å². The molecule has 1 amide bonds. The number of benzene rings is 2. The fourth-order valence-corrected chi connectivity index (χ4v) is 3.36. The number of rotatable bonds is 3. The van der Waals surface area contributed by atoms with Crippen molar-refractivity contribution in [2.45, 2.75) is 18.9 Å². The Morgan fingerprint density at radius 3 is 2.48 bits per heavy atom. The van der Waals surface area contributed by atoms with Crippen LogP contribution in [-0.2, 0) is 0 Å². The van der Waals surface area contributed by atoms with Crippen LogP contribution in [0.3, 0.4) is 0 Å². The number of nitro groups is 1. The number of nitrogens with zero attached hydrogens (tertiary/aromatic N) is 3. The van der Waals surface area contributed by atoms with Crippen LogP contribution >= 0.6 is 0 Å². The third-order valence-electron chi connectivity index (χ3n) is 4.64. The summed E-state index contributed by atoms with van der Waals surface area (Å²) in [5.41, 5.74) is 2.51. The molecule has 0 spiro atoms. The van der Waals surface area contributed by atoms with E-state index in [4.69, 9.17) is 0 Å². The van der Waals surface area contributed by atoms with Crippen LogP contribution in [0.4, 0.5) is 11.4 Å². The number of hydrogen-bond donors (Lipinski definition) is 0. The highest BCUT2D eigenvalue weighted by molar-refractivity contribution is 6.06. The number of carbonyl (C=O) groups is 1. The molecule has 1 atom stereocenters. The van der Waals surface area contributed by atoms with Crippen molar-refractivity contribution >= 4 is 17.3 Å². The predicted molar refractivity (Wildman–Crippen MR) is 96.9 cm³/mol. The second kappa shape index (κ2) is 7.03. The number of para-hydroxylation sites is 1. The summed E-state index contributed by atoms with van der Waals surface area (Å²) in [7, 11) is 4.10. The molecule has 0 radical (unpaired) electrons. The number of anilines is 1. The fraction of sp³-hybridized carbons (Fsp3) is 0.316. The topological polar surface area (TPSA) is 66.7 Å². The normalized spacial score (nSPS) is 17.1. The van der Waals surface area contributed by atoms with Gasteiger partial charge >= 0.3 is 0 Å². The van der Waals surface area contributed by atoms with Crippen LogP contribution in [-0.4, -0.2) is 36.4 Å². The van der Waals surface area contributed by atoms with Gasteiger partial charge in [-0.25, -0.2) is 0 Å². The van der Waals surface area contributed by atoms with Crippen LogP contribution in [0.5, 0.6) is 0 Å². The Balaban J connectivity index is 1.96. The number of fused-ring (bicyclic) bond motifs is 1. The van der Waals surface area contributed by atoms with E-state index in [0.29, 0.717) is 12.1 Å². The minimum Gasteiger partial charge on any atom is -0.308 e. The zero-order valence-electron chi connectivity index (χ0n) is 14.4. The summed E-state index contributed by atoms with van der Waals surface area (Å²) < 4.78 is 0. The molecule has 3 rings (SSSR count).